The van der Waals surface area contributed by atoms with Gasteiger partial charge in [-0.1, -0.05) is 18.2 Å². The summed E-state index contributed by atoms with van der Waals surface area (Å²) >= 11 is 0. The van der Waals surface area contributed by atoms with Crippen LogP contribution in [-0.4, -0.2) is 31.3 Å². The first-order chi connectivity index (χ1) is 10.2. The van der Waals surface area contributed by atoms with Gasteiger partial charge in [0.25, 0.3) is 0 Å². The Hall–Kier alpha value is -1.06. The van der Waals surface area contributed by atoms with Gasteiger partial charge in [-0.3, -0.25) is 0 Å². The molecule has 1 aromatic carbocycles. The van der Waals surface area contributed by atoms with Gasteiger partial charge in [0.05, 0.1) is 5.60 Å². The largest absolute Gasteiger partial charge is 0.375 e. The van der Waals surface area contributed by atoms with Crippen molar-refractivity contribution in [3.63, 3.8) is 0 Å². The second kappa shape index (κ2) is 6.37. The Morgan fingerprint density at radius 1 is 1.33 bits per heavy atom. The molecule has 2 aliphatic rings. The number of anilines is 1. The molecule has 1 aliphatic heterocycles. The standard InChI is InChI=1S/C18H28N2O/c1-15-6-2-3-7-17(15)20(12-5-11-19)16-8-13-21-18(14-16)9-4-10-18/h2-3,6-7,16H,4-5,8-14,19H2,1H3. The SMILES string of the molecule is Cc1ccccc1N(CCCN)C1CCOC2(CCC2)C1. The summed E-state index contributed by atoms with van der Waals surface area (Å²) in [6.07, 6.45) is 7.22. The first-order valence-corrected chi connectivity index (χ1v) is 8.40. The number of aryl methyl sites for hydroxylation is 1. The summed E-state index contributed by atoms with van der Waals surface area (Å²) in [5.41, 5.74) is 8.71. The van der Waals surface area contributed by atoms with E-state index >= 15 is 0 Å². The van der Waals surface area contributed by atoms with Crippen molar-refractivity contribution in [1.29, 1.82) is 0 Å². The van der Waals surface area contributed by atoms with Crippen molar-refractivity contribution < 1.29 is 4.74 Å². The molecular formula is C18H28N2O. The summed E-state index contributed by atoms with van der Waals surface area (Å²) in [4.78, 5) is 2.60. The van der Waals surface area contributed by atoms with Gasteiger partial charge in [0.2, 0.25) is 0 Å². The summed E-state index contributed by atoms with van der Waals surface area (Å²) in [5, 5.41) is 0. The zero-order valence-corrected chi connectivity index (χ0v) is 13.2. The molecule has 0 bridgehead atoms. The second-order valence-electron chi connectivity index (χ2n) is 6.65. The van der Waals surface area contributed by atoms with Crippen molar-refractivity contribution in [2.45, 2.75) is 57.1 Å². The molecule has 21 heavy (non-hydrogen) atoms. The predicted octanol–water partition coefficient (Wildman–Crippen LogP) is 3.25. The molecule has 3 heteroatoms. The second-order valence-corrected chi connectivity index (χ2v) is 6.65. The minimum absolute atomic E-state index is 0.201. The zero-order valence-electron chi connectivity index (χ0n) is 13.2. The number of hydrogen-bond donors (Lipinski definition) is 1. The topological polar surface area (TPSA) is 38.5 Å². The lowest BCUT2D eigenvalue weighted by Gasteiger charge is -2.50. The molecule has 116 valence electrons. The van der Waals surface area contributed by atoms with Crippen molar-refractivity contribution in [3.05, 3.63) is 29.8 Å². The van der Waals surface area contributed by atoms with Crippen LogP contribution in [0.25, 0.3) is 0 Å². The van der Waals surface area contributed by atoms with Gasteiger partial charge in [0.15, 0.2) is 0 Å². The normalized spacial score (nSPS) is 23.8. The Kier molecular flexibility index (Phi) is 4.51. The third-order valence-electron chi connectivity index (χ3n) is 5.20. The highest BCUT2D eigenvalue weighted by Gasteiger charge is 2.44. The van der Waals surface area contributed by atoms with Crippen molar-refractivity contribution in [3.8, 4) is 0 Å². The molecular weight excluding hydrogens is 260 g/mol. The highest BCUT2D eigenvalue weighted by atomic mass is 16.5. The quantitative estimate of drug-likeness (QED) is 0.904. The average molecular weight is 288 g/mol. The third kappa shape index (κ3) is 3.09. The maximum atomic E-state index is 6.10. The van der Waals surface area contributed by atoms with Crippen LogP contribution in [0.5, 0.6) is 0 Å². The van der Waals surface area contributed by atoms with E-state index in [2.05, 4.69) is 36.1 Å². The van der Waals surface area contributed by atoms with Crippen molar-refractivity contribution in [2.75, 3.05) is 24.6 Å². The van der Waals surface area contributed by atoms with Gasteiger partial charge in [-0.05, 0) is 63.6 Å². The van der Waals surface area contributed by atoms with E-state index < -0.39 is 0 Å². The monoisotopic (exact) mass is 288 g/mol. The van der Waals surface area contributed by atoms with Gasteiger partial charge in [0, 0.05) is 24.9 Å². The lowest BCUT2D eigenvalue weighted by Crippen LogP contribution is -2.52. The number of para-hydroxylation sites is 1. The van der Waals surface area contributed by atoms with Crippen LogP contribution in [-0.2, 0) is 4.74 Å². The first-order valence-electron chi connectivity index (χ1n) is 8.40. The molecule has 0 aromatic heterocycles. The lowest BCUT2D eigenvalue weighted by molar-refractivity contribution is -0.132. The van der Waals surface area contributed by atoms with E-state index in [4.69, 9.17) is 10.5 Å². The third-order valence-corrected chi connectivity index (χ3v) is 5.20. The Morgan fingerprint density at radius 3 is 2.81 bits per heavy atom. The molecule has 1 saturated carbocycles. The van der Waals surface area contributed by atoms with E-state index in [0.717, 1.165) is 32.5 Å². The molecule has 1 saturated heterocycles. The fraction of sp³-hybridized carbons (Fsp3) is 0.667. The van der Waals surface area contributed by atoms with Gasteiger partial charge in [-0.15, -0.1) is 0 Å². The molecule has 1 aromatic rings. The molecule has 2 N–H and O–H groups in total. The number of ether oxygens (including phenoxy) is 1. The van der Waals surface area contributed by atoms with E-state index in [0.29, 0.717) is 6.04 Å². The Labute approximate surface area is 128 Å². The van der Waals surface area contributed by atoms with Crippen molar-refractivity contribution >= 4 is 5.69 Å². The molecule has 2 fully saturated rings. The predicted molar refractivity (Wildman–Crippen MR) is 87.8 cm³/mol. The number of hydrogen-bond acceptors (Lipinski definition) is 3. The summed E-state index contributed by atoms with van der Waals surface area (Å²) in [7, 11) is 0. The molecule has 1 aliphatic carbocycles. The van der Waals surface area contributed by atoms with Crippen LogP contribution in [0.4, 0.5) is 5.69 Å². The summed E-state index contributed by atoms with van der Waals surface area (Å²) in [6, 6.07) is 9.35. The van der Waals surface area contributed by atoms with Crippen LogP contribution in [0.15, 0.2) is 24.3 Å². The molecule has 0 radical (unpaired) electrons. The smallest absolute Gasteiger partial charge is 0.0702 e. The van der Waals surface area contributed by atoms with Gasteiger partial charge in [-0.25, -0.2) is 0 Å². The number of nitrogens with zero attached hydrogens (tertiary/aromatic N) is 1. The highest BCUT2D eigenvalue weighted by molar-refractivity contribution is 5.54. The summed E-state index contributed by atoms with van der Waals surface area (Å²) < 4.78 is 6.10. The van der Waals surface area contributed by atoms with E-state index in [-0.39, 0.29) is 5.60 Å². The Balaban J connectivity index is 1.80. The maximum Gasteiger partial charge on any atom is 0.0702 e. The first kappa shape index (κ1) is 14.9. The fourth-order valence-electron chi connectivity index (χ4n) is 3.83. The summed E-state index contributed by atoms with van der Waals surface area (Å²) in [5.74, 6) is 0. The molecule has 1 atom stereocenters. The molecule has 3 nitrogen and oxygen atoms in total. The lowest BCUT2D eigenvalue weighted by atomic mass is 9.73. The van der Waals surface area contributed by atoms with E-state index in [1.807, 2.05) is 0 Å². The minimum Gasteiger partial charge on any atom is -0.375 e. The Bertz CT molecular complexity index is 470. The van der Waals surface area contributed by atoms with E-state index in [1.54, 1.807) is 0 Å². The summed E-state index contributed by atoms with van der Waals surface area (Å²) in [6.45, 7) is 4.94. The molecule has 3 rings (SSSR count). The van der Waals surface area contributed by atoms with Crippen LogP contribution in [0.3, 0.4) is 0 Å². The highest BCUT2D eigenvalue weighted by Crippen LogP contribution is 2.44. The van der Waals surface area contributed by atoms with Crippen LogP contribution in [0.2, 0.25) is 0 Å². The minimum atomic E-state index is 0.201. The van der Waals surface area contributed by atoms with Crippen LogP contribution < -0.4 is 10.6 Å². The molecule has 0 amide bonds. The van der Waals surface area contributed by atoms with Gasteiger partial charge < -0.3 is 15.4 Å². The number of rotatable bonds is 5. The molecule has 1 unspecified atom stereocenters. The number of nitrogens with two attached hydrogens (primary N) is 1. The number of benzene rings is 1. The maximum absolute atomic E-state index is 6.10. The van der Waals surface area contributed by atoms with Crippen LogP contribution >= 0.6 is 0 Å². The van der Waals surface area contributed by atoms with Gasteiger partial charge in [0.1, 0.15) is 0 Å². The molecule has 1 heterocycles. The average Bonchev–Trinajstić information content (AvgIpc) is 2.48. The fourth-order valence-corrected chi connectivity index (χ4v) is 3.83. The van der Waals surface area contributed by atoms with E-state index in [1.165, 1.54) is 36.9 Å². The van der Waals surface area contributed by atoms with Crippen molar-refractivity contribution in [2.24, 2.45) is 5.73 Å². The van der Waals surface area contributed by atoms with Crippen LogP contribution in [0, 0.1) is 6.92 Å². The Morgan fingerprint density at radius 2 is 2.14 bits per heavy atom. The van der Waals surface area contributed by atoms with Gasteiger partial charge >= 0.3 is 0 Å². The van der Waals surface area contributed by atoms with Crippen LogP contribution in [0.1, 0.15) is 44.1 Å². The molecule has 1 spiro atoms. The zero-order chi connectivity index (χ0) is 14.7. The van der Waals surface area contributed by atoms with Gasteiger partial charge in [-0.2, -0.15) is 0 Å². The van der Waals surface area contributed by atoms with Crippen molar-refractivity contribution in [1.82, 2.24) is 0 Å². The van der Waals surface area contributed by atoms with E-state index in [9.17, 15) is 0 Å².